The van der Waals surface area contributed by atoms with Gasteiger partial charge in [-0.1, -0.05) is 24.3 Å². The molecule has 18 heavy (non-hydrogen) atoms. The lowest BCUT2D eigenvalue weighted by molar-refractivity contribution is 0.0927. The van der Waals surface area contributed by atoms with Crippen molar-refractivity contribution in [3.8, 4) is 0 Å². The number of hydrogen-bond donors (Lipinski definition) is 1. The zero-order valence-electron chi connectivity index (χ0n) is 10.7. The highest BCUT2D eigenvalue weighted by Gasteiger charge is 2.26. The summed E-state index contributed by atoms with van der Waals surface area (Å²) in [4.78, 5) is 14.6. The molecular formula is C15H20N2O. The van der Waals surface area contributed by atoms with E-state index in [0.717, 1.165) is 51.1 Å². The standard InChI is InChI=1S/C15H20N2O/c18-15-10-12(11-17-7-5-16-6-8-17)9-13-3-1-2-4-14(13)15/h1-4,12,16H,5-11H2/t12-/m1/s1. The van der Waals surface area contributed by atoms with Crippen molar-refractivity contribution in [3.05, 3.63) is 35.4 Å². The summed E-state index contributed by atoms with van der Waals surface area (Å²) in [6.07, 6.45) is 1.78. The molecule has 96 valence electrons. The minimum Gasteiger partial charge on any atom is -0.314 e. The summed E-state index contributed by atoms with van der Waals surface area (Å²) in [6.45, 7) is 5.47. The number of nitrogens with one attached hydrogen (secondary N) is 1. The van der Waals surface area contributed by atoms with E-state index in [1.54, 1.807) is 0 Å². The highest BCUT2D eigenvalue weighted by Crippen LogP contribution is 2.26. The quantitative estimate of drug-likeness (QED) is 0.852. The average Bonchev–Trinajstić information content (AvgIpc) is 2.40. The largest absolute Gasteiger partial charge is 0.314 e. The van der Waals surface area contributed by atoms with Crippen LogP contribution in [0.15, 0.2) is 24.3 Å². The molecule has 1 N–H and O–H groups in total. The number of benzene rings is 1. The van der Waals surface area contributed by atoms with E-state index in [1.807, 2.05) is 18.2 Å². The highest BCUT2D eigenvalue weighted by atomic mass is 16.1. The van der Waals surface area contributed by atoms with Crippen molar-refractivity contribution in [3.63, 3.8) is 0 Å². The van der Waals surface area contributed by atoms with Crippen molar-refractivity contribution in [2.24, 2.45) is 5.92 Å². The summed E-state index contributed by atoms with van der Waals surface area (Å²) in [5.41, 5.74) is 2.20. The highest BCUT2D eigenvalue weighted by molar-refractivity contribution is 5.98. The van der Waals surface area contributed by atoms with Gasteiger partial charge in [-0.3, -0.25) is 4.79 Å². The summed E-state index contributed by atoms with van der Waals surface area (Å²) in [5.74, 6) is 0.836. The Labute approximate surface area is 108 Å². The molecule has 0 saturated carbocycles. The van der Waals surface area contributed by atoms with Crippen LogP contribution >= 0.6 is 0 Å². The first-order valence-corrected chi connectivity index (χ1v) is 6.87. The van der Waals surface area contributed by atoms with Gasteiger partial charge in [0, 0.05) is 44.7 Å². The predicted molar refractivity (Wildman–Crippen MR) is 71.9 cm³/mol. The Morgan fingerprint density at radius 2 is 1.94 bits per heavy atom. The monoisotopic (exact) mass is 244 g/mol. The molecule has 0 amide bonds. The number of carbonyl (C=O) groups excluding carboxylic acids is 1. The summed E-state index contributed by atoms with van der Waals surface area (Å²) in [5, 5.41) is 3.37. The maximum atomic E-state index is 12.1. The fourth-order valence-corrected chi connectivity index (χ4v) is 3.11. The van der Waals surface area contributed by atoms with E-state index >= 15 is 0 Å². The summed E-state index contributed by atoms with van der Waals surface area (Å²) < 4.78 is 0. The third kappa shape index (κ3) is 2.47. The summed E-state index contributed by atoms with van der Waals surface area (Å²) >= 11 is 0. The lowest BCUT2D eigenvalue weighted by Gasteiger charge is -2.32. The van der Waals surface area contributed by atoms with E-state index in [1.165, 1.54) is 5.56 Å². The van der Waals surface area contributed by atoms with Crippen LogP contribution in [-0.4, -0.2) is 43.4 Å². The van der Waals surface area contributed by atoms with Crippen molar-refractivity contribution in [2.75, 3.05) is 32.7 Å². The maximum absolute atomic E-state index is 12.1. The molecule has 1 aliphatic carbocycles. The lowest BCUT2D eigenvalue weighted by Crippen LogP contribution is -2.46. The maximum Gasteiger partial charge on any atom is 0.163 e. The Hall–Kier alpha value is -1.19. The van der Waals surface area contributed by atoms with Crippen molar-refractivity contribution in [1.29, 1.82) is 0 Å². The third-order valence-corrected chi connectivity index (χ3v) is 4.03. The smallest absolute Gasteiger partial charge is 0.163 e. The van der Waals surface area contributed by atoms with Gasteiger partial charge in [0.2, 0.25) is 0 Å². The average molecular weight is 244 g/mol. The number of ketones is 1. The van der Waals surface area contributed by atoms with E-state index < -0.39 is 0 Å². The molecule has 3 heteroatoms. The van der Waals surface area contributed by atoms with E-state index in [9.17, 15) is 4.79 Å². The first-order valence-electron chi connectivity index (χ1n) is 6.87. The third-order valence-electron chi connectivity index (χ3n) is 4.03. The van der Waals surface area contributed by atoms with Crippen LogP contribution in [0.5, 0.6) is 0 Å². The molecule has 3 nitrogen and oxygen atoms in total. The zero-order chi connectivity index (χ0) is 12.4. The number of piperazine rings is 1. The number of fused-ring (bicyclic) bond motifs is 1. The molecule has 0 spiro atoms. The molecule has 1 aliphatic heterocycles. The van der Waals surface area contributed by atoms with Gasteiger partial charge >= 0.3 is 0 Å². The molecule has 0 bridgehead atoms. The number of rotatable bonds is 2. The molecule has 1 aromatic rings. The molecule has 0 radical (unpaired) electrons. The summed E-state index contributed by atoms with van der Waals surface area (Å²) in [7, 11) is 0. The second-order valence-corrected chi connectivity index (χ2v) is 5.41. The Kier molecular flexibility index (Phi) is 3.43. The van der Waals surface area contributed by atoms with Crippen LogP contribution in [0.2, 0.25) is 0 Å². The second kappa shape index (κ2) is 5.21. The molecule has 0 unspecified atom stereocenters. The van der Waals surface area contributed by atoms with Gasteiger partial charge in [-0.15, -0.1) is 0 Å². The second-order valence-electron chi connectivity index (χ2n) is 5.41. The van der Waals surface area contributed by atoms with Crippen LogP contribution in [0.3, 0.4) is 0 Å². The molecule has 1 heterocycles. The zero-order valence-corrected chi connectivity index (χ0v) is 10.7. The fourth-order valence-electron chi connectivity index (χ4n) is 3.11. The Balaban J connectivity index is 1.68. The minimum absolute atomic E-state index is 0.331. The van der Waals surface area contributed by atoms with E-state index in [2.05, 4.69) is 16.3 Å². The number of hydrogen-bond acceptors (Lipinski definition) is 3. The molecule has 2 aliphatic rings. The fraction of sp³-hybridized carbons (Fsp3) is 0.533. The Morgan fingerprint density at radius 3 is 2.78 bits per heavy atom. The van der Waals surface area contributed by atoms with Crippen LogP contribution in [0.4, 0.5) is 0 Å². The normalized spacial score (nSPS) is 24.9. The lowest BCUT2D eigenvalue weighted by atomic mass is 9.83. The number of Topliss-reactive ketones (excluding diaryl/α,β-unsaturated/α-hetero) is 1. The van der Waals surface area contributed by atoms with Gasteiger partial charge in [0.05, 0.1) is 0 Å². The van der Waals surface area contributed by atoms with Crippen LogP contribution in [-0.2, 0) is 6.42 Å². The first-order chi connectivity index (χ1) is 8.83. The summed E-state index contributed by atoms with van der Waals surface area (Å²) in [6, 6.07) is 8.09. The van der Waals surface area contributed by atoms with Gasteiger partial charge in [0.25, 0.3) is 0 Å². The molecule has 1 aromatic carbocycles. The SMILES string of the molecule is O=C1C[C@H](CN2CCNCC2)Cc2ccccc21. The first kappa shape index (κ1) is 11.9. The molecule has 1 fully saturated rings. The number of carbonyl (C=O) groups is 1. The van der Waals surface area contributed by atoms with Gasteiger partial charge in [0.15, 0.2) is 5.78 Å². The molecular weight excluding hydrogens is 224 g/mol. The van der Waals surface area contributed by atoms with Gasteiger partial charge in [0.1, 0.15) is 0 Å². The van der Waals surface area contributed by atoms with Crippen LogP contribution in [0.25, 0.3) is 0 Å². The van der Waals surface area contributed by atoms with Crippen LogP contribution < -0.4 is 5.32 Å². The van der Waals surface area contributed by atoms with E-state index in [-0.39, 0.29) is 0 Å². The van der Waals surface area contributed by atoms with Gasteiger partial charge in [-0.05, 0) is 17.9 Å². The topological polar surface area (TPSA) is 32.3 Å². The van der Waals surface area contributed by atoms with Gasteiger partial charge < -0.3 is 10.2 Å². The van der Waals surface area contributed by atoms with Crippen molar-refractivity contribution in [1.82, 2.24) is 10.2 Å². The van der Waals surface area contributed by atoms with Crippen LogP contribution in [0, 0.1) is 5.92 Å². The Morgan fingerprint density at radius 1 is 1.17 bits per heavy atom. The van der Waals surface area contributed by atoms with Gasteiger partial charge in [-0.25, -0.2) is 0 Å². The predicted octanol–water partition coefficient (Wildman–Crippen LogP) is 1.34. The van der Waals surface area contributed by atoms with Gasteiger partial charge in [-0.2, -0.15) is 0 Å². The van der Waals surface area contributed by atoms with Crippen molar-refractivity contribution >= 4 is 5.78 Å². The van der Waals surface area contributed by atoms with E-state index in [4.69, 9.17) is 0 Å². The van der Waals surface area contributed by atoms with Crippen LogP contribution in [0.1, 0.15) is 22.3 Å². The van der Waals surface area contributed by atoms with Crippen molar-refractivity contribution in [2.45, 2.75) is 12.8 Å². The molecule has 1 atom stereocenters. The van der Waals surface area contributed by atoms with E-state index in [0.29, 0.717) is 11.7 Å². The van der Waals surface area contributed by atoms with Crippen molar-refractivity contribution < 1.29 is 4.79 Å². The number of nitrogens with zero attached hydrogens (tertiary/aromatic N) is 1. The Bertz CT molecular complexity index is 438. The minimum atomic E-state index is 0.331. The molecule has 0 aromatic heterocycles. The molecule has 1 saturated heterocycles. The molecule has 3 rings (SSSR count).